The van der Waals surface area contributed by atoms with Gasteiger partial charge >= 0.3 is 18.4 Å². The number of nitrogens with one attached hydrogen (secondary N) is 2. The minimum Gasteiger partial charge on any atom is -0.325 e. The van der Waals surface area contributed by atoms with Gasteiger partial charge in [0.25, 0.3) is 0 Å². The molecule has 0 fully saturated rings. The second kappa shape index (κ2) is 9.74. The maximum absolute atomic E-state index is 13.6. The quantitative estimate of drug-likeness (QED) is 0.310. The topological polar surface area (TPSA) is 54.0 Å². The number of benzene rings is 2. The van der Waals surface area contributed by atoms with E-state index < -0.39 is 41.2 Å². The first kappa shape index (κ1) is 24.4. The van der Waals surface area contributed by atoms with Crippen LogP contribution in [0.5, 0.6) is 0 Å². The van der Waals surface area contributed by atoms with Crippen molar-refractivity contribution >= 4 is 23.5 Å². The molecule has 1 unspecified atom stereocenters. The van der Waals surface area contributed by atoms with E-state index in [9.17, 15) is 31.1 Å². The number of carbonyl (C=O) groups is 1. The van der Waals surface area contributed by atoms with Gasteiger partial charge in [-0.2, -0.15) is 26.3 Å². The first-order valence-electron chi connectivity index (χ1n) is 9.40. The fourth-order valence-corrected chi connectivity index (χ4v) is 3.65. The summed E-state index contributed by atoms with van der Waals surface area (Å²) in [4.78, 5) is 17.2. The monoisotopic (exact) mass is 485 g/mol. The van der Waals surface area contributed by atoms with Crippen molar-refractivity contribution in [3.8, 4) is 0 Å². The number of carbonyl (C=O) groups excluding carboxylic acids is 1. The smallest absolute Gasteiger partial charge is 0.325 e. The van der Waals surface area contributed by atoms with Crippen LogP contribution in [-0.2, 0) is 12.4 Å². The number of alkyl halides is 6. The normalized spacial score (nSPS) is 12.8. The Hall–Kier alpha value is -3.21. The third-order valence-corrected chi connectivity index (χ3v) is 5.42. The Morgan fingerprint density at radius 1 is 0.909 bits per heavy atom. The molecule has 1 atom stereocenters. The standard InChI is InChI=1S/C22H17F6N3OS/c1-33-17-7-3-2-6-16(17)30-20(32)31-18(13-8-10-14(11-9-13)21(23,24)25)19-15(22(26,27)28)5-4-12-29-19/h2-12,18H,1H3,(H2,30,31,32). The van der Waals surface area contributed by atoms with Gasteiger partial charge in [0, 0.05) is 11.1 Å². The Morgan fingerprint density at radius 2 is 1.58 bits per heavy atom. The van der Waals surface area contributed by atoms with Gasteiger partial charge in [0.05, 0.1) is 28.6 Å². The molecule has 2 N–H and O–H groups in total. The van der Waals surface area contributed by atoms with Crippen LogP contribution in [0, 0.1) is 0 Å². The highest BCUT2D eigenvalue weighted by atomic mass is 32.2. The maximum atomic E-state index is 13.6. The van der Waals surface area contributed by atoms with Gasteiger partial charge < -0.3 is 10.6 Å². The van der Waals surface area contributed by atoms with E-state index in [2.05, 4.69) is 15.6 Å². The molecule has 0 aliphatic rings. The minimum atomic E-state index is -4.79. The molecular formula is C22H17F6N3OS. The number of aromatic nitrogens is 1. The van der Waals surface area contributed by atoms with Crippen LogP contribution in [-0.4, -0.2) is 17.3 Å². The molecule has 2 amide bonds. The van der Waals surface area contributed by atoms with Crippen LogP contribution in [0.15, 0.2) is 71.8 Å². The third-order valence-electron chi connectivity index (χ3n) is 4.62. The predicted octanol–water partition coefficient (Wildman–Crippen LogP) is 6.75. The van der Waals surface area contributed by atoms with Crippen molar-refractivity contribution in [2.24, 2.45) is 0 Å². The zero-order chi connectivity index (χ0) is 24.2. The number of pyridine rings is 1. The molecule has 0 aliphatic heterocycles. The number of para-hydroxylation sites is 1. The van der Waals surface area contributed by atoms with Crippen LogP contribution in [0.3, 0.4) is 0 Å². The van der Waals surface area contributed by atoms with Crippen molar-refractivity contribution in [3.05, 3.63) is 89.2 Å². The van der Waals surface area contributed by atoms with Crippen LogP contribution < -0.4 is 10.6 Å². The average Bonchev–Trinajstić information content (AvgIpc) is 2.77. The van der Waals surface area contributed by atoms with Crippen LogP contribution in [0.2, 0.25) is 0 Å². The molecule has 3 rings (SSSR count). The number of thioether (sulfide) groups is 1. The van der Waals surface area contributed by atoms with E-state index in [4.69, 9.17) is 0 Å². The van der Waals surface area contributed by atoms with Gasteiger partial charge in [0.1, 0.15) is 0 Å². The van der Waals surface area contributed by atoms with Crippen molar-refractivity contribution in [2.45, 2.75) is 23.3 Å². The van der Waals surface area contributed by atoms with Gasteiger partial charge in [-0.3, -0.25) is 4.98 Å². The summed E-state index contributed by atoms with van der Waals surface area (Å²) in [6.07, 6.45) is -6.52. The number of amides is 2. The molecule has 174 valence electrons. The average molecular weight is 485 g/mol. The molecule has 3 aromatic rings. The first-order chi connectivity index (χ1) is 15.5. The van der Waals surface area contributed by atoms with Gasteiger partial charge in [-0.1, -0.05) is 24.3 Å². The number of hydrogen-bond acceptors (Lipinski definition) is 3. The Labute approximate surface area is 189 Å². The fraction of sp³-hybridized carbons (Fsp3) is 0.182. The van der Waals surface area contributed by atoms with Gasteiger partial charge in [0.15, 0.2) is 0 Å². The van der Waals surface area contributed by atoms with E-state index in [1.165, 1.54) is 11.8 Å². The third kappa shape index (κ3) is 5.98. The number of rotatable bonds is 5. The molecule has 0 aliphatic carbocycles. The van der Waals surface area contributed by atoms with Gasteiger partial charge in [-0.05, 0) is 48.2 Å². The van der Waals surface area contributed by atoms with Crippen molar-refractivity contribution in [1.29, 1.82) is 0 Å². The lowest BCUT2D eigenvalue weighted by Crippen LogP contribution is -2.35. The van der Waals surface area contributed by atoms with Gasteiger partial charge in [-0.15, -0.1) is 11.8 Å². The molecule has 0 saturated carbocycles. The van der Waals surface area contributed by atoms with Gasteiger partial charge in [-0.25, -0.2) is 4.79 Å². The van der Waals surface area contributed by atoms with E-state index in [0.29, 0.717) is 10.6 Å². The fourth-order valence-electron chi connectivity index (χ4n) is 3.10. The van der Waals surface area contributed by atoms with Crippen LogP contribution in [0.25, 0.3) is 0 Å². The zero-order valence-corrected chi connectivity index (χ0v) is 17.8. The maximum Gasteiger partial charge on any atom is 0.418 e. The molecule has 2 aromatic carbocycles. The molecule has 11 heteroatoms. The summed E-state index contributed by atoms with van der Waals surface area (Å²) in [6, 6.07) is 9.85. The highest BCUT2D eigenvalue weighted by Crippen LogP contribution is 2.36. The Balaban J connectivity index is 2.00. The van der Waals surface area contributed by atoms with Gasteiger partial charge in [0.2, 0.25) is 0 Å². The summed E-state index contributed by atoms with van der Waals surface area (Å²) in [7, 11) is 0. The summed E-state index contributed by atoms with van der Waals surface area (Å²) in [5, 5.41) is 4.98. The number of nitrogens with zero attached hydrogens (tertiary/aromatic N) is 1. The SMILES string of the molecule is CSc1ccccc1NC(=O)NC(c1ccc(C(F)(F)F)cc1)c1ncccc1C(F)(F)F. The number of anilines is 1. The molecule has 1 heterocycles. The molecule has 1 aromatic heterocycles. The second-order valence-electron chi connectivity index (χ2n) is 6.79. The molecule has 0 spiro atoms. The lowest BCUT2D eigenvalue weighted by atomic mass is 9.98. The Kier molecular flexibility index (Phi) is 7.21. The first-order valence-corrected chi connectivity index (χ1v) is 10.6. The lowest BCUT2D eigenvalue weighted by molar-refractivity contribution is -0.139. The Morgan fingerprint density at radius 3 is 2.18 bits per heavy atom. The highest BCUT2D eigenvalue weighted by Gasteiger charge is 2.37. The van der Waals surface area contributed by atoms with Crippen LogP contribution >= 0.6 is 11.8 Å². The highest BCUT2D eigenvalue weighted by molar-refractivity contribution is 7.98. The minimum absolute atomic E-state index is 0.000465. The molecule has 0 saturated heterocycles. The van der Waals surface area contributed by atoms with E-state index in [1.807, 2.05) is 0 Å². The van der Waals surface area contributed by atoms with Crippen LogP contribution in [0.1, 0.15) is 28.4 Å². The van der Waals surface area contributed by atoms with E-state index in [1.54, 1.807) is 30.5 Å². The van der Waals surface area contributed by atoms with E-state index in [0.717, 1.165) is 42.6 Å². The predicted molar refractivity (Wildman–Crippen MR) is 113 cm³/mol. The van der Waals surface area contributed by atoms with Crippen molar-refractivity contribution in [3.63, 3.8) is 0 Å². The molecular weight excluding hydrogens is 468 g/mol. The van der Waals surface area contributed by atoms with Crippen LogP contribution in [0.4, 0.5) is 36.8 Å². The summed E-state index contributed by atoms with van der Waals surface area (Å²) in [6.45, 7) is 0. The molecule has 4 nitrogen and oxygen atoms in total. The molecule has 0 bridgehead atoms. The molecule has 0 radical (unpaired) electrons. The zero-order valence-electron chi connectivity index (χ0n) is 17.0. The lowest BCUT2D eigenvalue weighted by Gasteiger charge is -2.23. The van der Waals surface area contributed by atoms with Crippen molar-refractivity contribution in [1.82, 2.24) is 10.3 Å². The van der Waals surface area contributed by atoms with Crippen molar-refractivity contribution in [2.75, 3.05) is 11.6 Å². The van der Waals surface area contributed by atoms with Crippen molar-refractivity contribution < 1.29 is 31.1 Å². The Bertz CT molecular complexity index is 1120. The summed E-state index contributed by atoms with van der Waals surface area (Å²) in [5.41, 5.74) is -2.20. The summed E-state index contributed by atoms with van der Waals surface area (Å²) in [5.74, 6) is 0. The van der Waals surface area contributed by atoms with E-state index in [-0.39, 0.29) is 5.56 Å². The van der Waals surface area contributed by atoms with E-state index >= 15 is 0 Å². The summed E-state index contributed by atoms with van der Waals surface area (Å²) >= 11 is 1.35. The number of halogens is 6. The second-order valence-corrected chi connectivity index (χ2v) is 7.63. The largest absolute Gasteiger partial charge is 0.418 e. The number of urea groups is 1. The number of hydrogen-bond donors (Lipinski definition) is 2. The molecule has 33 heavy (non-hydrogen) atoms. The summed E-state index contributed by atoms with van der Waals surface area (Å²) < 4.78 is 79.7.